The summed E-state index contributed by atoms with van der Waals surface area (Å²) in [6.45, 7) is 0. The van der Waals surface area contributed by atoms with Crippen LogP contribution in [0.2, 0.25) is 0 Å². The quantitative estimate of drug-likeness (QED) is 0.463. The lowest BCUT2D eigenvalue weighted by atomic mass is 10.3. The fraction of sp³-hybridized carbons (Fsp3) is 0. The van der Waals surface area contributed by atoms with Crippen LogP contribution in [0, 0.1) is 0 Å². The molecule has 0 radical (unpaired) electrons. The topological polar surface area (TPSA) is 24.1 Å². The lowest BCUT2D eigenvalue weighted by Crippen LogP contribution is -2.09. The molecule has 0 aliphatic heterocycles. The van der Waals surface area contributed by atoms with Crippen LogP contribution in [0.5, 0.6) is 0 Å². The zero-order valence-corrected chi connectivity index (χ0v) is 4.76. The van der Waals surface area contributed by atoms with Gasteiger partial charge in [0.1, 0.15) is 0 Å². The van der Waals surface area contributed by atoms with Gasteiger partial charge in [0.25, 0.3) is 0 Å². The van der Waals surface area contributed by atoms with Gasteiger partial charge in [-0.2, -0.15) is 0 Å². The smallest absolute Gasteiger partial charge is 0.0512 e. The molecule has 0 amide bonds. The van der Waals surface area contributed by atoms with Gasteiger partial charge in [-0.3, -0.25) is 5.43 Å². The van der Waals surface area contributed by atoms with Gasteiger partial charge in [0.15, 0.2) is 0 Å². The molecule has 0 bridgehead atoms. The third-order valence-corrected chi connectivity index (χ3v) is 0.965. The van der Waals surface area contributed by atoms with Crippen molar-refractivity contribution in [2.45, 2.75) is 0 Å². The van der Waals surface area contributed by atoms with E-state index in [2.05, 4.69) is 5.43 Å². The SMILES string of the molecule is FNNc1ccccc1. The molecule has 0 aliphatic rings. The summed E-state index contributed by atoms with van der Waals surface area (Å²) >= 11 is 0. The van der Waals surface area contributed by atoms with Crippen LogP contribution in [-0.2, 0) is 0 Å². The molecule has 1 aromatic rings. The van der Waals surface area contributed by atoms with Crippen molar-refractivity contribution in [1.29, 1.82) is 0 Å². The molecule has 0 aromatic heterocycles. The first-order valence-electron chi connectivity index (χ1n) is 2.60. The standard InChI is InChI=1S/C6H7FN2/c7-9-8-6-4-2-1-3-5-6/h1-5,8-9H. The number of nitrogens with one attached hydrogen (secondary N) is 2. The van der Waals surface area contributed by atoms with Crippen LogP contribution in [-0.4, -0.2) is 0 Å². The summed E-state index contributed by atoms with van der Waals surface area (Å²) in [6, 6.07) is 9.02. The molecule has 0 heterocycles. The predicted octanol–water partition coefficient (Wildman–Crippen LogP) is 1.49. The van der Waals surface area contributed by atoms with E-state index in [0.29, 0.717) is 5.69 Å². The van der Waals surface area contributed by atoms with Crippen molar-refractivity contribution in [2.24, 2.45) is 0 Å². The maximum atomic E-state index is 11.3. The largest absolute Gasteiger partial charge is 0.295 e. The average Bonchev–Trinajstić information content (AvgIpc) is 1.91. The van der Waals surface area contributed by atoms with Crippen molar-refractivity contribution in [2.75, 3.05) is 5.43 Å². The second kappa shape index (κ2) is 3.04. The first-order chi connectivity index (χ1) is 4.43. The van der Waals surface area contributed by atoms with Crippen molar-refractivity contribution in [1.82, 2.24) is 5.65 Å². The summed E-state index contributed by atoms with van der Waals surface area (Å²) < 4.78 is 11.3. The highest BCUT2D eigenvalue weighted by Gasteiger charge is 1.82. The van der Waals surface area contributed by atoms with E-state index in [-0.39, 0.29) is 0 Å². The van der Waals surface area contributed by atoms with Gasteiger partial charge in [-0.25, -0.2) is 0 Å². The second-order valence-electron chi connectivity index (χ2n) is 1.59. The van der Waals surface area contributed by atoms with Crippen LogP contribution >= 0.6 is 0 Å². The third kappa shape index (κ3) is 1.70. The maximum absolute atomic E-state index is 11.3. The Hall–Kier alpha value is -1.09. The van der Waals surface area contributed by atoms with Crippen LogP contribution in [0.1, 0.15) is 0 Å². The number of benzene rings is 1. The van der Waals surface area contributed by atoms with Gasteiger partial charge >= 0.3 is 0 Å². The average molecular weight is 126 g/mol. The molecule has 0 aliphatic carbocycles. The Kier molecular flexibility index (Phi) is 2.04. The molecular formula is C6H7FN2. The Morgan fingerprint density at radius 2 is 1.78 bits per heavy atom. The lowest BCUT2D eigenvalue weighted by molar-refractivity contribution is 0.376. The van der Waals surface area contributed by atoms with E-state index in [0.717, 1.165) is 0 Å². The number of para-hydroxylation sites is 1. The van der Waals surface area contributed by atoms with Crippen LogP contribution in [0.25, 0.3) is 0 Å². The van der Waals surface area contributed by atoms with E-state index in [4.69, 9.17) is 0 Å². The molecule has 1 rings (SSSR count). The van der Waals surface area contributed by atoms with Crippen molar-refractivity contribution < 1.29 is 4.48 Å². The molecule has 0 saturated heterocycles. The van der Waals surface area contributed by atoms with Gasteiger partial charge in [-0.15, -0.1) is 4.48 Å². The summed E-state index contributed by atoms with van der Waals surface area (Å²) in [6.07, 6.45) is 0. The van der Waals surface area contributed by atoms with Gasteiger partial charge in [0.2, 0.25) is 0 Å². The van der Waals surface area contributed by atoms with Crippen LogP contribution in [0.3, 0.4) is 0 Å². The van der Waals surface area contributed by atoms with Crippen LogP contribution < -0.4 is 11.1 Å². The minimum Gasteiger partial charge on any atom is -0.295 e. The van der Waals surface area contributed by atoms with E-state index in [9.17, 15) is 4.48 Å². The second-order valence-corrected chi connectivity index (χ2v) is 1.59. The minimum atomic E-state index is 0.708. The highest BCUT2D eigenvalue weighted by Crippen LogP contribution is 2.01. The summed E-state index contributed by atoms with van der Waals surface area (Å²) in [5.74, 6) is 0. The Labute approximate surface area is 52.6 Å². The number of hydrogen-bond donors (Lipinski definition) is 2. The van der Waals surface area contributed by atoms with Crippen molar-refractivity contribution in [3.05, 3.63) is 30.3 Å². The minimum absolute atomic E-state index is 0.708. The fourth-order valence-electron chi connectivity index (χ4n) is 0.576. The summed E-state index contributed by atoms with van der Waals surface area (Å²) in [5.41, 5.74) is 4.33. The highest BCUT2D eigenvalue weighted by atomic mass is 19.2. The summed E-state index contributed by atoms with van der Waals surface area (Å²) in [5, 5.41) is 0. The Bertz CT molecular complexity index is 164. The fourth-order valence-corrected chi connectivity index (χ4v) is 0.576. The van der Waals surface area contributed by atoms with Gasteiger partial charge in [-0.1, -0.05) is 23.8 Å². The number of anilines is 1. The van der Waals surface area contributed by atoms with Crippen molar-refractivity contribution in [3.8, 4) is 0 Å². The molecule has 9 heavy (non-hydrogen) atoms. The molecule has 1 aromatic carbocycles. The van der Waals surface area contributed by atoms with E-state index in [1.165, 1.54) is 5.65 Å². The predicted molar refractivity (Wildman–Crippen MR) is 34.3 cm³/mol. The normalized spacial score (nSPS) is 9.00. The molecular weight excluding hydrogens is 119 g/mol. The van der Waals surface area contributed by atoms with Gasteiger partial charge in [0.05, 0.1) is 5.69 Å². The molecule has 2 N–H and O–H groups in total. The van der Waals surface area contributed by atoms with E-state index >= 15 is 0 Å². The van der Waals surface area contributed by atoms with E-state index < -0.39 is 0 Å². The Morgan fingerprint density at radius 1 is 1.11 bits per heavy atom. The highest BCUT2D eigenvalue weighted by molar-refractivity contribution is 5.40. The number of hydrazine groups is 1. The van der Waals surface area contributed by atoms with E-state index in [1.54, 1.807) is 12.1 Å². The van der Waals surface area contributed by atoms with Gasteiger partial charge in [0, 0.05) is 0 Å². The van der Waals surface area contributed by atoms with Crippen molar-refractivity contribution in [3.63, 3.8) is 0 Å². The van der Waals surface area contributed by atoms with Crippen molar-refractivity contribution >= 4 is 5.69 Å². The molecule has 0 fully saturated rings. The maximum Gasteiger partial charge on any atom is 0.0512 e. The molecule has 0 saturated carbocycles. The molecule has 2 nitrogen and oxygen atoms in total. The summed E-state index contributed by atoms with van der Waals surface area (Å²) in [7, 11) is 0. The van der Waals surface area contributed by atoms with Crippen LogP contribution in [0.15, 0.2) is 30.3 Å². The van der Waals surface area contributed by atoms with Gasteiger partial charge in [-0.05, 0) is 12.1 Å². The molecule has 48 valence electrons. The third-order valence-electron chi connectivity index (χ3n) is 0.965. The summed E-state index contributed by atoms with van der Waals surface area (Å²) in [4.78, 5) is 0. The van der Waals surface area contributed by atoms with E-state index in [1.807, 2.05) is 18.2 Å². The van der Waals surface area contributed by atoms with Gasteiger partial charge < -0.3 is 0 Å². The Morgan fingerprint density at radius 3 is 2.33 bits per heavy atom. The number of hydrogen-bond acceptors (Lipinski definition) is 2. The zero-order valence-electron chi connectivity index (χ0n) is 4.76. The molecule has 3 heteroatoms. The molecule has 0 unspecified atom stereocenters. The Balaban J connectivity index is 2.61. The molecule has 0 atom stereocenters. The number of halogens is 1. The molecule has 0 spiro atoms. The van der Waals surface area contributed by atoms with Crippen LogP contribution in [0.4, 0.5) is 10.2 Å². The monoisotopic (exact) mass is 126 g/mol. The first-order valence-corrected chi connectivity index (χ1v) is 2.60. The zero-order chi connectivity index (χ0) is 6.53. The lowest BCUT2D eigenvalue weighted by Gasteiger charge is -1.97. The first kappa shape index (κ1) is 6.04. The number of rotatable bonds is 2.